The molecule has 0 fully saturated rings. The van der Waals surface area contributed by atoms with Crippen molar-refractivity contribution in [2.24, 2.45) is 5.41 Å². The van der Waals surface area contributed by atoms with Crippen molar-refractivity contribution in [1.29, 1.82) is 0 Å². The van der Waals surface area contributed by atoms with Gasteiger partial charge in [0.1, 0.15) is 11.5 Å². The zero-order valence-electron chi connectivity index (χ0n) is 24.3. The molecule has 6 nitrogen and oxygen atoms in total. The minimum absolute atomic E-state index is 0.0154. The molecule has 0 aliphatic heterocycles. The predicted molar refractivity (Wildman–Crippen MR) is 151 cm³/mol. The van der Waals surface area contributed by atoms with Gasteiger partial charge >= 0.3 is 12.2 Å². The first kappa shape index (κ1) is 30.2. The number of hydrogen-bond acceptors (Lipinski definition) is 4. The minimum Gasteiger partial charge on any atom is -0.410 e. The van der Waals surface area contributed by atoms with E-state index in [1.807, 2.05) is 65.8 Å². The van der Waals surface area contributed by atoms with E-state index in [0.29, 0.717) is 18.0 Å². The summed E-state index contributed by atoms with van der Waals surface area (Å²) in [5.41, 5.74) is 6.10. The second kappa shape index (κ2) is 13.5. The van der Waals surface area contributed by atoms with Gasteiger partial charge in [-0.2, -0.15) is 0 Å². The Labute approximate surface area is 223 Å². The fraction of sp³-hybridized carbons (Fsp3) is 0.548. The summed E-state index contributed by atoms with van der Waals surface area (Å²) in [5.74, 6) is 1.26. The first-order valence-electron chi connectivity index (χ1n) is 13.4. The number of benzene rings is 2. The molecule has 0 aromatic heterocycles. The molecule has 2 N–H and O–H groups in total. The van der Waals surface area contributed by atoms with Crippen molar-refractivity contribution in [3.8, 4) is 11.5 Å². The molecule has 6 heteroatoms. The maximum absolute atomic E-state index is 12.7. The summed E-state index contributed by atoms with van der Waals surface area (Å²) in [7, 11) is 0. The molecular weight excluding hydrogens is 464 g/mol. The van der Waals surface area contributed by atoms with Gasteiger partial charge in [-0.3, -0.25) is 0 Å². The lowest BCUT2D eigenvalue weighted by Gasteiger charge is -2.30. The van der Waals surface area contributed by atoms with Crippen molar-refractivity contribution in [3.63, 3.8) is 0 Å². The zero-order chi connectivity index (χ0) is 27.8. The second-order valence-corrected chi connectivity index (χ2v) is 11.3. The van der Waals surface area contributed by atoms with Gasteiger partial charge in [-0.25, -0.2) is 9.59 Å². The van der Waals surface area contributed by atoms with Gasteiger partial charge in [-0.05, 0) is 94.9 Å². The first-order valence-corrected chi connectivity index (χ1v) is 13.4. The van der Waals surface area contributed by atoms with E-state index in [-0.39, 0.29) is 11.5 Å². The number of amides is 2. The van der Waals surface area contributed by atoms with E-state index in [2.05, 4.69) is 31.4 Å². The fourth-order valence-corrected chi connectivity index (χ4v) is 5.17. The van der Waals surface area contributed by atoms with Crippen molar-refractivity contribution >= 4 is 12.2 Å². The Kier molecular flexibility index (Phi) is 11.0. The highest BCUT2D eigenvalue weighted by Crippen LogP contribution is 2.30. The van der Waals surface area contributed by atoms with Crippen LogP contribution in [0.4, 0.5) is 9.59 Å². The molecule has 204 valence electrons. The van der Waals surface area contributed by atoms with E-state index in [4.69, 9.17) is 9.47 Å². The third-order valence-electron chi connectivity index (χ3n) is 6.66. The van der Waals surface area contributed by atoms with Crippen LogP contribution in [0.15, 0.2) is 24.3 Å². The second-order valence-electron chi connectivity index (χ2n) is 11.3. The fourth-order valence-electron chi connectivity index (χ4n) is 5.17. The smallest absolute Gasteiger partial charge is 0.410 e. The molecule has 1 unspecified atom stereocenters. The highest BCUT2D eigenvalue weighted by atomic mass is 16.6. The van der Waals surface area contributed by atoms with Gasteiger partial charge in [0.2, 0.25) is 0 Å². The van der Waals surface area contributed by atoms with Crippen LogP contribution < -0.4 is 20.1 Å². The van der Waals surface area contributed by atoms with Gasteiger partial charge in [0, 0.05) is 12.6 Å². The summed E-state index contributed by atoms with van der Waals surface area (Å²) in [4.78, 5) is 25.1. The number of carbonyl (C=O) groups is 2. The van der Waals surface area contributed by atoms with Gasteiger partial charge < -0.3 is 20.1 Å². The third kappa shape index (κ3) is 9.75. The van der Waals surface area contributed by atoms with E-state index in [0.717, 1.165) is 65.5 Å². The van der Waals surface area contributed by atoms with Crippen molar-refractivity contribution < 1.29 is 19.1 Å². The number of hydrogen-bond donors (Lipinski definition) is 2. The van der Waals surface area contributed by atoms with E-state index in [1.54, 1.807) is 0 Å². The van der Waals surface area contributed by atoms with E-state index >= 15 is 0 Å². The highest BCUT2D eigenvalue weighted by molar-refractivity contribution is 5.72. The highest BCUT2D eigenvalue weighted by Gasteiger charge is 2.25. The summed E-state index contributed by atoms with van der Waals surface area (Å²) >= 11 is 0. The lowest BCUT2D eigenvalue weighted by molar-refractivity contribution is 0.183. The maximum atomic E-state index is 12.7. The number of aryl methyl sites for hydroxylation is 6. The van der Waals surface area contributed by atoms with Gasteiger partial charge in [-0.1, -0.05) is 62.6 Å². The molecule has 2 amide bonds. The van der Waals surface area contributed by atoms with Crippen LogP contribution in [0.3, 0.4) is 0 Å². The first-order chi connectivity index (χ1) is 17.3. The Morgan fingerprint density at radius 1 is 0.811 bits per heavy atom. The molecule has 0 saturated heterocycles. The summed E-state index contributed by atoms with van der Waals surface area (Å²) in [6.45, 7) is 18.9. The molecule has 2 rings (SSSR count). The number of ether oxygens (including phenoxy) is 2. The molecule has 1 atom stereocenters. The van der Waals surface area contributed by atoms with E-state index < -0.39 is 12.2 Å². The number of carbonyl (C=O) groups excluding carboxylic acids is 2. The molecule has 0 spiro atoms. The van der Waals surface area contributed by atoms with Crippen LogP contribution in [0.2, 0.25) is 0 Å². The summed E-state index contributed by atoms with van der Waals surface area (Å²) in [6, 6.07) is 8.09. The molecule has 0 aliphatic rings. The molecule has 0 aliphatic carbocycles. The Hall–Kier alpha value is -3.02. The van der Waals surface area contributed by atoms with Crippen LogP contribution in [0.25, 0.3) is 0 Å². The average Bonchev–Trinajstić information content (AvgIpc) is 2.76. The largest absolute Gasteiger partial charge is 0.412 e. The number of nitrogens with one attached hydrogen (secondary N) is 2. The standard InChI is InChI=1S/C31H46N2O4/c1-10-12-26(33-30(35)37-28-24(6)17-21(3)18-25(28)7)19-31(8,9)13-11-14-32-29(34)36-27-22(4)15-20(2)16-23(27)5/h15-18,26H,10-14,19H2,1-9H3,(H,32,34)(H,33,35). The topological polar surface area (TPSA) is 76.7 Å². The molecular formula is C31H46N2O4. The zero-order valence-corrected chi connectivity index (χ0v) is 24.3. The Morgan fingerprint density at radius 2 is 1.27 bits per heavy atom. The van der Waals surface area contributed by atoms with Crippen LogP contribution in [-0.2, 0) is 0 Å². The summed E-state index contributed by atoms with van der Waals surface area (Å²) in [5, 5.41) is 5.97. The summed E-state index contributed by atoms with van der Waals surface area (Å²) in [6.07, 6.45) is 3.56. The van der Waals surface area contributed by atoms with Gasteiger partial charge in [0.15, 0.2) is 0 Å². The molecule has 0 bridgehead atoms. The molecule has 2 aromatic rings. The Bertz CT molecular complexity index is 1040. The van der Waals surface area contributed by atoms with Gasteiger partial charge in [0.25, 0.3) is 0 Å². The normalized spacial score (nSPS) is 12.1. The van der Waals surface area contributed by atoms with Crippen LogP contribution >= 0.6 is 0 Å². The molecule has 2 aromatic carbocycles. The Balaban J connectivity index is 1.84. The number of rotatable bonds is 11. The lowest BCUT2D eigenvalue weighted by Crippen LogP contribution is -2.40. The molecule has 0 saturated carbocycles. The summed E-state index contributed by atoms with van der Waals surface area (Å²) < 4.78 is 11.3. The van der Waals surface area contributed by atoms with Crippen molar-refractivity contribution in [2.45, 2.75) is 100 Å². The van der Waals surface area contributed by atoms with E-state index in [1.165, 1.54) is 0 Å². The van der Waals surface area contributed by atoms with Crippen molar-refractivity contribution in [3.05, 3.63) is 57.6 Å². The minimum atomic E-state index is -0.428. The monoisotopic (exact) mass is 510 g/mol. The molecule has 0 radical (unpaired) electrons. The molecule has 37 heavy (non-hydrogen) atoms. The van der Waals surface area contributed by atoms with Crippen LogP contribution in [0.5, 0.6) is 11.5 Å². The Morgan fingerprint density at radius 3 is 1.73 bits per heavy atom. The van der Waals surface area contributed by atoms with Crippen molar-refractivity contribution in [1.82, 2.24) is 10.6 Å². The average molecular weight is 511 g/mol. The van der Waals surface area contributed by atoms with Gasteiger partial charge in [-0.15, -0.1) is 0 Å². The third-order valence-corrected chi connectivity index (χ3v) is 6.66. The quantitative estimate of drug-likeness (QED) is 0.303. The van der Waals surface area contributed by atoms with E-state index in [9.17, 15) is 9.59 Å². The van der Waals surface area contributed by atoms with Gasteiger partial charge in [0.05, 0.1) is 0 Å². The predicted octanol–water partition coefficient (Wildman–Crippen LogP) is 7.78. The lowest BCUT2D eigenvalue weighted by atomic mass is 9.80. The maximum Gasteiger partial charge on any atom is 0.412 e. The van der Waals surface area contributed by atoms with Crippen molar-refractivity contribution in [2.75, 3.05) is 6.54 Å². The van der Waals surface area contributed by atoms with Crippen LogP contribution in [0.1, 0.15) is 86.3 Å². The SMILES string of the molecule is CCCC(CC(C)(C)CCCNC(=O)Oc1c(C)cc(C)cc1C)NC(=O)Oc1c(C)cc(C)cc1C. The molecule has 0 heterocycles. The van der Waals surface area contributed by atoms with Crippen LogP contribution in [0, 0.1) is 47.0 Å². The van der Waals surface area contributed by atoms with Crippen LogP contribution in [-0.4, -0.2) is 24.8 Å².